The predicted molar refractivity (Wildman–Crippen MR) is 333 cm³/mol. The summed E-state index contributed by atoms with van der Waals surface area (Å²) >= 11 is 0. The molecule has 1 N–H and O–H groups in total. The molecule has 0 heterocycles. The first kappa shape index (κ1) is 70.4. The van der Waals surface area contributed by atoms with Crippen LogP contribution in [-0.2, 0) is 33.4 Å². The van der Waals surface area contributed by atoms with Gasteiger partial charge >= 0.3 is 23.9 Å². The summed E-state index contributed by atoms with van der Waals surface area (Å²) in [7, 11) is 0. The molecule has 0 saturated heterocycles. The summed E-state index contributed by atoms with van der Waals surface area (Å²) in [6, 6.07) is 0. The number of hydrogen-bond acceptors (Lipinski definition) is 7. The molecule has 0 aromatic rings. The van der Waals surface area contributed by atoms with Crippen LogP contribution in [0.5, 0.6) is 0 Å². The molecule has 8 nitrogen and oxygen atoms in total. The topological polar surface area (TPSA) is 116 Å². The van der Waals surface area contributed by atoms with Gasteiger partial charge < -0.3 is 19.3 Å². The second-order valence-electron chi connectivity index (χ2n) is 27.8. The van der Waals surface area contributed by atoms with Gasteiger partial charge in [0.2, 0.25) is 0 Å². The van der Waals surface area contributed by atoms with Crippen molar-refractivity contribution in [2.24, 2.45) is 46.3 Å². The maximum absolute atomic E-state index is 14.2. The van der Waals surface area contributed by atoms with Crippen molar-refractivity contribution in [1.29, 1.82) is 0 Å². The van der Waals surface area contributed by atoms with Crippen LogP contribution in [0, 0.1) is 46.3 Å². The molecule has 4 fully saturated rings. The number of carbonyl (C=O) groups is 4. The summed E-state index contributed by atoms with van der Waals surface area (Å²) in [4.78, 5) is 53.7. The van der Waals surface area contributed by atoms with Gasteiger partial charge in [-0.25, -0.2) is 0 Å². The van der Waals surface area contributed by atoms with Crippen molar-refractivity contribution >= 4 is 23.9 Å². The zero-order valence-corrected chi connectivity index (χ0v) is 53.6. The Morgan fingerprint density at radius 1 is 0.438 bits per heavy atom. The van der Waals surface area contributed by atoms with E-state index < -0.39 is 5.97 Å². The van der Waals surface area contributed by atoms with E-state index in [2.05, 4.69) is 41.5 Å². The third-order valence-electron chi connectivity index (χ3n) is 21.6. The minimum absolute atomic E-state index is 0.0610. The lowest BCUT2D eigenvalue weighted by Crippen LogP contribution is -2.63. The molecule has 0 bridgehead atoms. The lowest BCUT2D eigenvalue weighted by atomic mass is 9.43. The fourth-order valence-corrected chi connectivity index (χ4v) is 16.6. The Bertz CT molecular complexity index is 1630. The first-order valence-corrected chi connectivity index (χ1v) is 35.7. The van der Waals surface area contributed by atoms with E-state index in [9.17, 15) is 24.3 Å². The fourth-order valence-electron chi connectivity index (χ4n) is 16.6. The number of carboxylic acids is 1. The van der Waals surface area contributed by atoms with Gasteiger partial charge in [0.25, 0.3) is 0 Å². The predicted octanol–water partition coefficient (Wildman–Crippen LogP) is 21.5. The quantitative estimate of drug-likeness (QED) is 0.0364. The van der Waals surface area contributed by atoms with Crippen molar-refractivity contribution in [2.75, 3.05) is 0 Å². The van der Waals surface area contributed by atoms with Gasteiger partial charge in [-0.15, -0.1) is 0 Å². The number of esters is 3. The van der Waals surface area contributed by atoms with E-state index in [1.165, 1.54) is 205 Å². The number of aliphatic carboxylic acids is 1. The Labute approximate surface area is 493 Å². The largest absolute Gasteiger partial charge is 0.481 e. The minimum Gasteiger partial charge on any atom is -0.481 e. The number of unbranched alkanes of at least 4 members (excludes halogenated alkanes) is 36. The van der Waals surface area contributed by atoms with Crippen LogP contribution in [0.3, 0.4) is 0 Å². The molecular formula is C72H130O8. The lowest BCUT2D eigenvalue weighted by Gasteiger charge is -2.64. The highest BCUT2D eigenvalue weighted by Crippen LogP contribution is 2.69. The average Bonchev–Trinajstić information content (AvgIpc) is 3.96. The smallest absolute Gasteiger partial charge is 0.306 e. The molecule has 11 atom stereocenters. The van der Waals surface area contributed by atoms with Crippen LogP contribution in [0.2, 0.25) is 0 Å². The molecule has 0 amide bonds. The van der Waals surface area contributed by atoms with Gasteiger partial charge in [-0.05, 0) is 106 Å². The zero-order valence-electron chi connectivity index (χ0n) is 53.6. The van der Waals surface area contributed by atoms with Crippen molar-refractivity contribution in [3.8, 4) is 0 Å². The van der Waals surface area contributed by atoms with E-state index in [-0.39, 0.29) is 89.0 Å². The van der Waals surface area contributed by atoms with Gasteiger partial charge in [0, 0.05) is 37.0 Å². The highest BCUT2D eigenvalue weighted by atomic mass is 16.6. The second kappa shape index (κ2) is 41.8. The molecule has 466 valence electrons. The standard InChI is InChI=1S/C72H130O8/c1-7-10-13-16-19-22-25-28-31-34-37-40-43-46-67(75)78-60-53-54-71(5)59(55-60)56-64(79-68(76)47-44-41-38-35-32-29-26-23-20-17-14-11-8-2)70-62-51-50-61(58(4)49-52-66(73)74)72(62,6)65(57-63(70)71)80-69(77)48-45-42-39-36-33-30-27-24-21-18-15-12-9-3/h58-65,70H,7-57H2,1-6H3,(H,73,74)/t58-,59+,60-,61-,62+,63+,64-,65+,70+,71+,72-/m1/s1. The molecule has 4 rings (SSSR count). The average molecular weight is 1120 g/mol. The van der Waals surface area contributed by atoms with Crippen LogP contribution in [0.4, 0.5) is 0 Å². The highest BCUT2D eigenvalue weighted by Gasteiger charge is 2.68. The Balaban J connectivity index is 1.39. The van der Waals surface area contributed by atoms with Crippen molar-refractivity contribution in [1.82, 2.24) is 0 Å². The molecule has 0 unspecified atom stereocenters. The highest BCUT2D eigenvalue weighted by molar-refractivity contribution is 5.70. The summed E-state index contributed by atoms with van der Waals surface area (Å²) in [5.41, 5.74) is -0.428. The van der Waals surface area contributed by atoms with Crippen LogP contribution in [0.15, 0.2) is 0 Å². The van der Waals surface area contributed by atoms with E-state index >= 15 is 0 Å². The normalized spacial score (nSPS) is 26.5. The molecule has 4 saturated carbocycles. The summed E-state index contributed by atoms with van der Waals surface area (Å²) in [6.07, 6.45) is 56.9. The summed E-state index contributed by atoms with van der Waals surface area (Å²) in [5, 5.41) is 9.81. The summed E-state index contributed by atoms with van der Waals surface area (Å²) in [5.74, 6) is 0.129. The third-order valence-corrected chi connectivity index (χ3v) is 21.6. The second-order valence-corrected chi connectivity index (χ2v) is 27.8. The molecule has 0 aromatic heterocycles. The Kier molecular flexibility index (Phi) is 36.8. The van der Waals surface area contributed by atoms with E-state index in [0.29, 0.717) is 25.7 Å². The van der Waals surface area contributed by atoms with Gasteiger partial charge in [0.05, 0.1) is 0 Å². The molecule has 0 radical (unpaired) electrons. The SMILES string of the molecule is CCCCCCCCCCCCCCCC(=O)O[C@@H]1CC[C@@]2(C)[C@@H](C1)C[C@@H](OC(=O)CCCCCCCCCCCCCCC)[C@@H]1[C@@H]2C[C@H](OC(=O)CCCCCCCCCCCCCCC)[C@]2(C)[C@@H]([C@H](C)CCC(=O)O)CC[C@@H]12. The number of hydrogen-bond donors (Lipinski definition) is 1. The van der Waals surface area contributed by atoms with E-state index in [4.69, 9.17) is 14.2 Å². The van der Waals surface area contributed by atoms with Crippen LogP contribution in [0.25, 0.3) is 0 Å². The maximum atomic E-state index is 14.2. The molecule has 0 spiro atoms. The van der Waals surface area contributed by atoms with Crippen LogP contribution in [-0.4, -0.2) is 47.3 Å². The molecule has 0 aromatic carbocycles. The maximum Gasteiger partial charge on any atom is 0.306 e. The van der Waals surface area contributed by atoms with Crippen LogP contribution in [0.1, 0.15) is 369 Å². The van der Waals surface area contributed by atoms with Gasteiger partial charge in [0.1, 0.15) is 18.3 Å². The van der Waals surface area contributed by atoms with Gasteiger partial charge in [-0.3, -0.25) is 19.2 Å². The molecule has 0 aliphatic heterocycles. The third kappa shape index (κ3) is 25.6. The fraction of sp³-hybridized carbons (Fsp3) is 0.944. The van der Waals surface area contributed by atoms with E-state index in [1.54, 1.807) is 0 Å². The first-order chi connectivity index (χ1) is 38.9. The summed E-state index contributed by atoms with van der Waals surface area (Å²) in [6.45, 7) is 13.9. The van der Waals surface area contributed by atoms with Gasteiger partial charge in [0.15, 0.2) is 0 Å². The lowest BCUT2D eigenvalue weighted by molar-refractivity contribution is -0.226. The molecular weight excluding hydrogens is 993 g/mol. The Morgan fingerprint density at radius 3 is 1.21 bits per heavy atom. The Hall–Kier alpha value is -2.12. The van der Waals surface area contributed by atoms with Crippen LogP contribution >= 0.6 is 0 Å². The number of ether oxygens (including phenoxy) is 3. The molecule has 8 heteroatoms. The minimum atomic E-state index is -0.761. The number of fused-ring (bicyclic) bond motifs is 5. The number of carboxylic acid groups (broad SMARTS) is 1. The van der Waals surface area contributed by atoms with Gasteiger partial charge in [-0.1, -0.05) is 273 Å². The zero-order chi connectivity index (χ0) is 57.7. The summed E-state index contributed by atoms with van der Waals surface area (Å²) < 4.78 is 20.1. The number of rotatable bonds is 49. The van der Waals surface area contributed by atoms with Crippen molar-refractivity contribution < 1.29 is 38.5 Å². The van der Waals surface area contributed by atoms with E-state index in [1.807, 2.05) is 0 Å². The van der Waals surface area contributed by atoms with Crippen LogP contribution < -0.4 is 0 Å². The van der Waals surface area contributed by atoms with Gasteiger partial charge in [-0.2, -0.15) is 0 Å². The molecule has 80 heavy (non-hydrogen) atoms. The van der Waals surface area contributed by atoms with E-state index in [0.717, 1.165) is 89.9 Å². The monoisotopic (exact) mass is 1120 g/mol. The van der Waals surface area contributed by atoms with Crippen molar-refractivity contribution in [3.63, 3.8) is 0 Å². The molecule has 4 aliphatic rings. The van der Waals surface area contributed by atoms with Crippen molar-refractivity contribution in [2.45, 2.75) is 387 Å². The molecule has 4 aliphatic carbocycles. The first-order valence-electron chi connectivity index (χ1n) is 35.7. The Morgan fingerprint density at radius 2 is 0.812 bits per heavy atom. The number of carbonyl (C=O) groups excluding carboxylic acids is 3. The van der Waals surface area contributed by atoms with Crippen molar-refractivity contribution in [3.05, 3.63) is 0 Å².